The Bertz CT molecular complexity index is 444. The van der Waals surface area contributed by atoms with E-state index in [1.807, 2.05) is 0 Å². The number of hydrogen-bond acceptors (Lipinski definition) is 2. The quantitative estimate of drug-likeness (QED) is 0.513. The van der Waals surface area contributed by atoms with Gasteiger partial charge in [-0.1, -0.05) is 35.8 Å². The second-order valence-electron chi connectivity index (χ2n) is 2.86. The van der Waals surface area contributed by atoms with Crippen LogP contribution >= 0.6 is 23.2 Å². The van der Waals surface area contributed by atoms with Gasteiger partial charge in [0.25, 0.3) is 5.91 Å². The molecule has 0 spiro atoms. The van der Waals surface area contributed by atoms with E-state index in [-0.39, 0.29) is 0 Å². The maximum Gasteiger partial charge on any atom is 0.274 e. The minimum absolute atomic E-state index is 0.375. The molecule has 0 aliphatic rings. The lowest BCUT2D eigenvalue weighted by atomic mass is 10.2. The van der Waals surface area contributed by atoms with Crippen LogP contribution in [-0.4, -0.2) is 16.2 Å². The van der Waals surface area contributed by atoms with Gasteiger partial charge in [-0.05, 0) is 23.8 Å². The number of hydroxylamine groups is 2. The van der Waals surface area contributed by atoms with Gasteiger partial charge in [0.1, 0.15) is 0 Å². The highest BCUT2D eigenvalue weighted by atomic mass is 35.5. The third-order valence-electron chi connectivity index (χ3n) is 1.77. The van der Waals surface area contributed by atoms with Crippen molar-refractivity contribution in [3.8, 4) is 0 Å². The highest BCUT2D eigenvalue weighted by Gasteiger charge is 2.02. The SMILES string of the molecule is C=CN(O)C(=O)/C=C/c1ccc(Cl)cc1Cl. The van der Waals surface area contributed by atoms with Crippen LogP contribution in [0.2, 0.25) is 10.0 Å². The van der Waals surface area contributed by atoms with E-state index in [0.717, 1.165) is 6.20 Å². The second-order valence-corrected chi connectivity index (χ2v) is 3.71. The lowest BCUT2D eigenvalue weighted by molar-refractivity contribution is -0.147. The van der Waals surface area contributed by atoms with Crippen molar-refractivity contribution < 1.29 is 10.0 Å². The van der Waals surface area contributed by atoms with Crippen molar-refractivity contribution in [1.29, 1.82) is 0 Å². The summed E-state index contributed by atoms with van der Waals surface area (Å²) in [5.41, 5.74) is 0.636. The molecule has 0 saturated heterocycles. The molecule has 0 aliphatic heterocycles. The van der Waals surface area contributed by atoms with E-state index in [9.17, 15) is 4.79 Å². The second kappa shape index (κ2) is 5.70. The van der Waals surface area contributed by atoms with Gasteiger partial charge in [-0.2, -0.15) is 5.06 Å². The van der Waals surface area contributed by atoms with Crippen molar-refractivity contribution in [1.82, 2.24) is 5.06 Å². The van der Waals surface area contributed by atoms with Gasteiger partial charge in [-0.25, -0.2) is 0 Å². The normalized spacial score (nSPS) is 10.4. The number of benzene rings is 1. The lowest BCUT2D eigenvalue weighted by Gasteiger charge is -2.04. The minimum atomic E-state index is -0.610. The van der Waals surface area contributed by atoms with E-state index >= 15 is 0 Å². The zero-order chi connectivity index (χ0) is 12.1. The first-order valence-electron chi connectivity index (χ1n) is 4.32. The summed E-state index contributed by atoms with van der Waals surface area (Å²) in [5.74, 6) is -0.610. The molecule has 0 fully saturated rings. The smallest absolute Gasteiger partial charge is 0.274 e. The van der Waals surface area contributed by atoms with E-state index in [1.165, 1.54) is 12.2 Å². The highest BCUT2D eigenvalue weighted by molar-refractivity contribution is 6.35. The fraction of sp³-hybridized carbons (Fsp3) is 0. The summed E-state index contributed by atoms with van der Waals surface area (Å²) in [7, 11) is 0. The van der Waals surface area contributed by atoms with E-state index < -0.39 is 5.91 Å². The van der Waals surface area contributed by atoms with Crippen LogP contribution in [0.15, 0.2) is 37.1 Å². The molecule has 0 bridgehead atoms. The zero-order valence-corrected chi connectivity index (χ0v) is 9.74. The Balaban J connectivity index is 2.84. The number of carbonyl (C=O) groups excluding carboxylic acids is 1. The highest BCUT2D eigenvalue weighted by Crippen LogP contribution is 2.21. The van der Waals surface area contributed by atoms with Gasteiger partial charge >= 0.3 is 0 Å². The molecule has 84 valence electrons. The Morgan fingerprint density at radius 2 is 2.12 bits per heavy atom. The topological polar surface area (TPSA) is 40.5 Å². The Kier molecular flexibility index (Phi) is 4.55. The van der Waals surface area contributed by atoms with Crippen LogP contribution in [0.25, 0.3) is 6.08 Å². The molecular weight excluding hydrogens is 249 g/mol. The summed E-state index contributed by atoms with van der Waals surface area (Å²) in [4.78, 5) is 11.2. The maximum absolute atomic E-state index is 11.2. The third kappa shape index (κ3) is 3.38. The van der Waals surface area contributed by atoms with Gasteiger partial charge in [0, 0.05) is 22.3 Å². The predicted octanol–water partition coefficient (Wildman–Crippen LogP) is 3.37. The molecule has 0 aliphatic carbocycles. The third-order valence-corrected chi connectivity index (χ3v) is 2.33. The fourth-order valence-electron chi connectivity index (χ4n) is 0.964. The van der Waals surface area contributed by atoms with E-state index in [4.69, 9.17) is 28.4 Å². The van der Waals surface area contributed by atoms with Crippen LogP contribution in [0.3, 0.4) is 0 Å². The van der Waals surface area contributed by atoms with Gasteiger partial charge in [0.15, 0.2) is 0 Å². The Labute approximate surface area is 103 Å². The van der Waals surface area contributed by atoms with E-state index in [1.54, 1.807) is 18.2 Å². The summed E-state index contributed by atoms with van der Waals surface area (Å²) in [6, 6.07) is 4.89. The van der Waals surface area contributed by atoms with Crippen molar-refractivity contribution in [2.75, 3.05) is 0 Å². The van der Waals surface area contributed by atoms with Crippen molar-refractivity contribution in [3.63, 3.8) is 0 Å². The first-order valence-corrected chi connectivity index (χ1v) is 5.08. The number of amides is 1. The fourth-order valence-corrected chi connectivity index (χ4v) is 1.44. The summed E-state index contributed by atoms with van der Waals surface area (Å²) >= 11 is 11.6. The zero-order valence-electron chi connectivity index (χ0n) is 8.23. The monoisotopic (exact) mass is 257 g/mol. The van der Waals surface area contributed by atoms with Gasteiger partial charge in [-0.3, -0.25) is 10.0 Å². The molecule has 0 unspecified atom stereocenters. The molecule has 0 saturated carbocycles. The number of nitrogens with zero attached hydrogens (tertiary/aromatic N) is 1. The lowest BCUT2D eigenvalue weighted by Crippen LogP contribution is -2.18. The van der Waals surface area contributed by atoms with Crippen LogP contribution < -0.4 is 0 Å². The maximum atomic E-state index is 11.2. The van der Waals surface area contributed by atoms with Crippen LogP contribution in [0.1, 0.15) is 5.56 Å². The van der Waals surface area contributed by atoms with Crippen molar-refractivity contribution >= 4 is 35.2 Å². The molecule has 0 aromatic heterocycles. The van der Waals surface area contributed by atoms with Crippen LogP contribution in [-0.2, 0) is 4.79 Å². The molecule has 5 heteroatoms. The molecule has 1 aromatic rings. The number of hydrogen-bond donors (Lipinski definition) is 1. The van der Waals surface area contributed by atoms with Gasteiger partial charge in [0.05, 0.1) is 0 Å². The Morgan fingerprint density at radius 3 is 2.69 bits per heavy atom. The largest absolute Gasteiger partial charge is 0.281 e. The number of rotatable bonds is 3. The molecule has 16 heavy (non-hydrogen) atoms. The average Bonchev–Trinajstić information content (AvgIpc) is 2.26. The van der Waals surface area contributed by atoms with Crippen LogP contribution in [0, 0.1) is 0 Å². The summed E-state index contributed by atoms with van der Waals surface area (Å²) in [6.45, 7) is 3.24. The van der Waals surface area contributed by atoms with Crippen LogP contribution in [0.5, 0.6) is 0 Å². The minimum Gasteiger partial charge on any atom is -0.281 e. The van der Waals surface area contributed by atoms with Crippen molar-refractivity contribution in [2.45, 2.75) is 0 Å². The van der Waals surface area contributed by atoms with E-state index in [0.29, 0.717) is 20.7 Å². The van der Waals surface area contributed by atoms with Crippen LogP contribution in [0.4, 0.5) is 0 Å². The molecule has 1 amide bonds. The molecular formula is C11H9Cl2NO2. The van der Waals surface area contributed by atoms with Gasteiger partial charge in [0.2, 0.25) is 0 Å². The average molecular weight is 258 g/mol. The molecule has 0 radical (unpaired) electrons. The molecule has 1 rings (SSSR count). The molecule has 0 atom stereocenters. The number of carbonyl (C=O) groups is 1. The first-order chi connectivity index (χ1) is 7.54. The summed E-state index contributed by atoms with van der Waals surface area (Å²) < 4.78 is 0. The molecule has 3 nitrogen and oxygen atoms in total. The first kappa shape index (κ1) is 12.8. The molecule has 0 heterocycles. The van der Waals surface area contributed by atoms with Crippen molar-refractivity contribution in [2.24, 2.45) is 0 Å². The number of halogens is 2. The Morgan fingerprint density at radius 1 is 1.44 bits per heavy atom. The van der Waals surface area contributed by atoms with E-state index in [2.05, 4.69) is 6.58 Å². The predicted molar refractivity (Wildman–Crippen MR) is 64.3 cm³/mol. The standard InChI is InChI=1S/C11H9Cl2NO2/c1-2-14(16)11(15)6-4-8-3-5-9(12)7-10(8)13/h2-7,16H,1H2/b6-4+. The van der Waals surface area contributed by atoms with Crippen molar-refractivity contribution in [3.05, 3.63) is 52.7 Å². The molecule has 1 N–H and O–H groups in total. The summed E-state index contributed by atoms with van der Waals surface area (Å²) in [6.07, 6.45) is 3.65. The Hall–Kier alpha value is -1.29. The summed E-state index contributed by atoms with van der Waals surface area (Å²) in [5, 5.41) is 10.3. The van der Waals surface area contributed by atoms with Gasteiger partial charge < -0.3 is 0 Å². The molecule has 1 aromatic carbocycles. The van der Waals surface area contributed by atoms with Gasteiger partial charge in [-0.15, -0.1) is 0 Å².